The predicted octanol–water partition coefficient (Wildman–Crippen LogP) is 4.54. The Morgan fingerprint density at radius 3 is 2.55 bits per heavy atom. The van der Waals surface area contributed by atoms with Crippen molar-refractivity contribution in [1.29, 1.82) is 0 Å². The Balaban J connectivity index is 1.20. The summed E-state index contributed by atoms with van der Waals surface area (Å²) in [6.07, 6.45) is 11.1. The van der Waals surface area contributed by atoms with E-state index in [1.165, 1.54) is 12.6 Å². The quantitative estimate of drug-likeness (QED) is 0.358. The van der Waals surface area contributed by atoms with Crippen LogP contribution in [0.2, 0.25) is 0 Å². The van der Waals surface area contributed by atoms with Gasteiger partial charge >= 0.3 is 6.03 Å². The predicted molar refractivity (Wildman–Crippen MR) is 147 cm³/mol. The van der Waals surface area contributed by atoms with E-state index in [0.717, 1.165) is 69.1 Å². The number of carbonyl (C=O) groups excluding carboxylic acids is 1. The summed E-state index contributed by atoms with van der Waals surface area (Å²) in [7, 11) is -3.93. The van der Waals surface area contributed by atoms with Crippen LogP contribution in [0.5, 0.6) is 0 Å². The van der Waals surface area contributed by atoms with E-state index in [-0.39, 0.29) is 33.3 Å². The van der Waals surface area contributed by atoms with E-state index in [4.69, 9.17) is 0 Å². The molecule has 0 aliphatic heterocycles. The van der Waals surface area contributed by atoms with Gasteiger partial charge in [-0.3, -0.25) is 0 Å². The fourth-order valence-corrected chi connectivity index (χ4v) is 11.4. The van der Waals surface area contributed by atoms with Crippen LogP contribution in [0.3, 0.4) is 0 Å². The number of carbonyl (C=O) groups is 1. The van der Waals surface area contributed by atoms with E-state index in [1.54, 1.807) is 5.38 Å². The van der Waals surface area contributed by atoms with Crippen LogP contribution in [0.15, 0.2) is 15.9 Å². The Hall–Kier alpha value is -1.23. The summed E-state index contributed by atoms with van der Waals surface area (Å²) in [6.45, 7) is 7.54. The van der Waals surface area contributed by atoms with Gasteiger partial charge in [0.1, 0.15) is 0 Å². The van der Waals surface area contributed by atoms with Gasteiger partial charge in [-0.25, -0.2) is 14.5 Å². The average molecular weight is 568 g/mol. The molecule has 0 bridgehead atoms. The largest absolute Gasteiger partial charge is 0.393 e. The van der Waals surface area contributed by atoms with Gasteiger partial charge in [-0.1, -0.05) is 27.2 Å². The van der Waals surface area contributed by atoms with Crippen LogP contribution in [0.1, 0.15) is 85.0 Å². The van der Waals surface area contributed by atoms with Crippen LogP contribution in [0.25, 0.3) is 0 Å². The van der Waals surface area contributed by atoms with Crippen LogP contribution in [0.4, 0.5) is 4.79 Å². The summed E-state index contributed by atoms with van der Waals surface area (Å²) in [5, 5.41) is 26.5. The Morgan fingerprint density at radius 1 is 1.11 bits per heavy atom. The van der Waals surface area contributed by atoms with E-state index < -0.39 is 16.1 Å². The van der Waals surface area contributed by atoms with Crippen LogP contribution in [0, 0.1) is 46.3 Å². The number of nitrogens with one attached hydrogen (secondary N) is 2. The number of sulfonamides is 1. The number of aliphatic hydroxyl groups excluding tert-OH is 2. The van der Waals surface area contributed by atoms with Gasteiger partial charge in [-0.05, 0) is 104 Å². The third-order valence-corrected chi connectivity index (χ3v) is 14.0. The highest BCUT2D eigenvalue weighted by Gasteiger charge is 2.64. The molecule has 0 radical (unpaired) electrons. The molecule has 4 aliphatic rings. The lowest BCUT2D eigenvalue weighted by molar-refractivity contribution is -0.202. The lowest BCUT2D eigenvalue weighted by Gasteiger charge is -2.64. The molecular weight excluding hydrogens is 522 g/mol. The van der Waals surface area contributed by atoms with Crippen LogP contribution in [-0.2, 0) is 10.0 Å². The number of urea groups is 1. The molecule has 8 nitrogen and oxygen atoms in total. The minimum Gasteiger partial charge on any atom is -0.393 e. The van der Waals surface area contributed by atoms with Crippen molar-refractivity contribution >= 4 is 27.4 Å². The Bertz CT molecular complexity index is 1100. The van der Waals surface area contributed by atoms with Gasteiger partial charge in [-0.15, -0.1) is 11.3 Å². The van der Waals surface area contributed by atoms with E-state index in [0.29, 0.717) is 36.1 Å². The molecule has 1 aromatic heterocycles. The van der Waals surface area contributed by atoms with Gasteiger partial charge in [0.2, 0.25) is 4.34 Å². The molecule has 4 fully saturated rings. The number of aromatic nitrogens is 1. The molecule has 0 saturated heterocycles. The van der Waals surface area contributed by atoms with E-state index in [1.807, 2.05) is 4.72 Å². The molecule has 4 N–H and O–H groups in total. The monoisotopic (exact) mass is 567 g/mol. The maximum Gasteiger partial charge on any atom is 0.328 e. The zero-order valence-corrected chi connectivity index (χ0v) is 24.6. The molecule has 1 heterocycles. The van der Waals surface area contributed by atoms with Gasteiger partial charge < -0.3 is 15.5 Å². The fourth-order valence-electron chi connectivity index (χ4n) is 9.64. The topological polar surface area (TPSA) is 129 Å². The van der Waals surface area contributed by atoms with Crippen molar-refractivity contribution in [3.05, 3.63) is 11.6 Å². The first-order valence-corrected chi connectivity index (χ1v) is 16.9. The smallest absolute Gasteiger partial charge is 0.328 e. The highest BCUT2D eigenvalue weighted by Crippen LogP contribution is 2.69. The van der Waals surface area contributed by atoms with Gasteiger partial charge in [0.25, 0.3) is 10.0 Å². The van der Waals surface area contributed by atoms with E-state index in [9.17, 15) is 23.4 Å². The van der Waals surface area contributed by atoms with Crippen molar-refractivity contribution in [2.45, 2.75) is 102 Å². The zero-order chi connectivity index (χ0) is 27.3. The summed E-state index contributed by atoms with van der Waals surface area (Å²) in [5.74, 6) is 2.59. The van der Waals surface area contributed by atoms with E-state index in [2.05, 4.69) is 31.1 Å². The molecule has 4 aliphatic carbocycles. The SMILES string of the molecule is CC[C@H]1[C@@H](O)[C@@H]2[C@H](CC[C@]3(C)[C@@H](CCCNC(=O)NS(=O)(=O)c4nccs4)CC[C@@H]23)[C@@]2(C)CC[C@@H](O)C[C@@H]12. The number of hydrogen-bond acceptors (Lipinski definition) is 7. The average Bonchev–Trinajstić information content (AvgIpc) is 3.52. The minimum atomic E-state index is -3.93. The lowest BCUT2D eigenvalue weighted by Crippen LogP contribution is -2.62. The van der Waals surface area contributed by atoms with Crippen molar-refractivity contribution in [3.8, 4) is 0 Å². The normalized spacial score (nSPS) is 42.6. The number of nitrogens with zero attached hydrogens (tertiary/aromatic N) is 1. The molecule has 38 heavy (non-hydrogen) atoms. The first kappa shape index (κ1) is 28.3. The molecule has 0 spiro atoms. The number of hydrogen-bond donors (Lipinski definition) is 4. The van der Waals surface area contributed by atoms with E-state index >= 15 is 0 Å². The minimum absolute atomic E-state index is 0.118. The highest BCUT2D eigenvalue weighted by molar-refractivity contribution is 7.92. The Labute approximate surface area is 231 Å². The molecule has 4 saturated carbocycles. The van der Waals surface area contributed by atoms with Gasteiger partial charge in [0.15, 0.2) is 0 Å². The summed E-state index contributed by atoms with van der Waals surface area (Å²) >= 11 is 0.972. The zero-order valence-electron chi connectivity index (χ0n) is 22.9. The summed E-state index contributed by atoms with van der Waals surface area (Å²) in [5.41, 5.74) is 0.397. The van der Waals surface area contributed by atoms with Crippen LogP contribution >= 0.6 is 11.3 Å². The first-order valence-electron chi connectivity index (χ1n) is 14.6. The van der Waals surface area contributed by atoms with Crippen LogP contribution < -0.4 is 10.0 Å². The van der Waals surface area contributed by atoms with Gasteiger partial charge in [-0.2, -0.15) is 8.42 Å². The third-order valence-electron chi connectivity index (χ3n) is 11.5. The maximum atomic E-state index is 12.2. The number of rotatable bonds is 7. The molecule has 1 aromatic rings. The highest BCUT2D eigenvalue weighted by atomic mass is 32.2. The Kier molecular flexibility index (Phi) is 7.92. The fraction of sp³-hybridized carbons (Fsp3) is 0.857. The van der Waals surface area contributed by atoms with Crippen LogP contribution in [-0.4, -0.2) is 48.4 Å². The van der Waals surface area contributed by atoms with Crippen molar-refractivity contribution in [1.82, 2.24) is 15.0 Å². The van der Waals surface area contributed by atoms with Gasteiger partial charge in [0.05, 0.1) is 12.2 Å². The third kappa shape index (κ3) is 4.81. The summed E-state index contributed by atoms with van der Waals surface area (Å²) in [4.78, 5) is 16.0. The summed E-state index contributed by atoms with van der Waals surface area (Å²) < 4.78 is 26.3. The number of aliphatic hydroxyl groups is 2. The molecule has 10 atom stereocenters. The van der Waals surface area contributed by atoms with Crippen molar-refractivity contribution in [3.63, 3.8) is 0 Å². The molecule has 214 valence electrons. The number of amides is 2. The van der Waals surface area contributed by atoms with Crippen molar-refractivity contribution < 1.29 is 23.4 Å². The standard InChI is InChI=1S/C28H45N3O5S2/c1-4-19-22-16-18(32)9-11-28(22,3)21-10-12-27(2)17(7-8-20(27)23(21)24(19)33)6-5-13-29-25(34)31-38(35,36)26-30-14-15-37-26/h14-15,17-24,32-33H,4-13,16H2,1-3H3,(H2,29,31,34)/t17-,18+,19+,20-,21-,22-,23-,24+,27+,28+/m0/s1. The van der Waals surface area contributed by atoms with Crippen molar-refractivity contribution in [2.24, 2.45) is 46.3 Å². The molecular formula is C28H45N3O5S2. The second kappa shape index (κ2) is 10.6. The maximum absolute atomic E-state index is 12.2. The lowest BCUT2D eigenvalue weighted by atomic mass is 9.41. The van der Waals surface area contributed by atoms with Gasteiger partial charge in [0, 0.05) is 18.1 Å². The molecule has 2 amide bonds. The molecule has 5 rings (SSSR count). The first-order chi connectivity index (χ1) is 18.0. The Morgan fingerprint density at radius 2 is 1.84 bits per heavy atom. The number of thiazole rings is 1. The summed E-state index contributed by atoms with van der Waals surface area (Å²) in [6, 6.07) is -0.715. The molecule has 10 heteroatoms. The second-order valence-electron chi connectivity index (χ2n) is 13.0. The second-order valence-corrected chi connectivity index (χ2v) is 15.8. The number of fused-ring (bicyclic) bond motifs is 5. The molecule has 0 aromatic carbocycles. The molecule has 0 unspecified atom stereocenters. The van der Waals surface area contributed by atoms with Crippen molar-refractivity contribution in [2.75, 3.05) is 6.54 Å².